The maximum Gasteiger partial charge on any atom is 0.161 e. The maximum atomic E-state index is 14.0. The Hall–Kier alpha value is -1.03. The molecular formula is C14H18FNOS. The van der Waals surface area contributed by atoms with Crippen molar-refractivity contribution in [2.45, 2.75) is 25.0 Å². The molecule has 98 valence electrons. The van der Waals surface area contributed by atoms with Crippen molar-refractivity contribution in [2.24, 2.45) is 0 Å². The Kier molecular flexibility index (Phi) is 4.27. The van der Waals surface area contributed by atoms with Crippen LogP contribution < -0.4 is 4.90 Å². The zero-order valence-corrected chi connectivity index (χ0v) is 11.6. The van der Waals surface area contributed by atoms with Gasteiger partial charge in [-0.05, 0) is 38.2 Å². The van der Waals surface area contributed by atoms with Gasteiger partial charge in [0, 0.05) is 23.9 Å². The van der Waals surface area contributed by atoms with Crippen molar-refractivity contribution in [3.8, 4) is 0 Å². The van der Waals surface area contributed by atoms with Crippen molar-refractivity contribution in [3.05, 3.63) is 29.6 Å². The Morgan fingerprint density at radius 1 is 1.39 bits per heavy atom. The average molecular weight is 267 g/mol. The number of carbonyl (C=O) groups excluding carboxylic acids is 1. The molecule has 1 aromatic rings. The fourth-order valence-electron chi connectivity index (χ4n) is 2.44. The van der Waals surface area contributed by atoms with Gasteiger partial charge in [-0.15, -0.1) is 0 Å². The number of anilines is 1. The molecular weight excluding hydrogens is 249 g/mol. The molecule has 0 unspecified atom stereocenters. The van der Waals surface area contributed by atoms with Gasteiger partial charge in [0.1, 0.15) is 5.82 Å². The third-order valence-corrected chi connectivity index (χ3v) is 4.60. The summed E-state index contributed by atoms with van der Waals surface area (Å²) in [5.74, 6) is -0.359. The van der Waals surface area contributed by atoms with Crippen LogP contribution in [0.3, 0.4) is 0 Å². The number of Topliss-reactive ketones (excluding diaryl/α,β-unsaturated/α-hetero) is 1. The molecule has 1 fully saturated rings. The van der Waals surface area contributed by atoms with Gasteiger partial charge in [0.2, 0.25) is 0 Å². The molecule has 1 aliphatic heterocycles. The van der Waals surface area contributed by atoms with Crippen molar-refractivity contribution in [1.82, 2.24) is 0 Å². The van der Waals surface area contributed by atoms with Crippen LogP contribution in [0, 0.1) is 5.82 Å². The first-order valence-corrected chi connectivity index (χ1v) is 7.49. The SMILES string of the molecule is CSC1CCN(c2c(F)cccc2C(C)=O)CC1. The summed E-state index contributed by atoms with van der Waals surface area (Å²) in [7, 11) is 0. The number of rotatable bonds is 3. The lowest BCUT2D eigenvalue weighted by Crippen LogP contribution is -2.36. The minimum Gasteiger partial charge on any atom is -0.369 e. The molecule has 0 N–H and O–H groups in total. The number of halogens is 1. The van der Waals surface area contributed by atoms with Crippen molar-refractivity contribution < 1.29 is 9.18 Å². The van der Waals surface area contributed by atoms with E-state index >= 15 is 0 Å². The number of hydrogen-bond acceptors (Lipinski definition) is 3. The second-order valence-electron chi connectivity index (χ2n) is 4.61. The molecule has 4 heteroatoms. The van der Waals surface area contributed by atoms with Gasteiger partial charge in [0.25, 0.3) is 0 Å². The third-order valence-electron chi connectivity index (χ3n) is 3.46. The lowest BCUT2D eigenvalue weighted by Gasteiger charge is -2.34. The van der Waals surface area contributed by atoms with Crippen LogP contribution in [0.1, 0.15) is 30.1 Å². The predicted octanol–water partition coefficient (Wildman–Crippen LogP) is 3.36. The summed E-state index contributed by atoms with van der Waals surface area (Å²) < 4.78 is 14.0. The van der Waals surface area contributed by atoms with E-state index in [9.17, 15) is 9.18 Å². The number of ketones is 1. The van der Waals surface area contributed by atoms with Crippen LogP contribution in [0.4, 0.5) is 10.1 Å². The first-order valence-electron chi connectivity index (χ1n) is 6.20. The van der Waals surface area contributed by atoms with E-state index < -0.39 is 0 Å². The van der Waals surface area contributed by atoms with E-state index in [1.54, 1.807) is 12.1 Å². The van der Waals surface area contributed by atoms with Gasteiger partial charge < -0.3 is 4.90 Å². The fraction of sp³-hybridized carbons (Fsp3) is 0.500. The molecule has 0 saturated carbocycles. The normalized spacial score (nSPS) is 16.9. The van der Waals surface area contributed by atoms with E-state index in [4.69, 9.17) is 0 Å². The lowest BCUT2D eigenvalue weighted by molar-refractivity contribution is 0.101. The molecule has 1 saturated heterocycles. The Morgan fingerprint density at radius 2 is 2.06 bits per heavy atom. The van der Waals surface area contributed by atoms with Crippen molar-refractivity contribution in [3.63, 3.8) is 0 Å². The molecule has 2 rings (SSSR count). The van der Waals surface area contributed by atoms with E-state index in [2.05, 4.69) is 6.26 Å². The summed E-state index contributed by atoms with van der Waals surface area (Å²) in [6.07, 6.45) is 4.21. The number of piperidine rings is 1. The van der Waals surface area contributed by atoms with Gasteiger partial charge in [-0.25, -0.2) is 4.39 Å². The smallest absolute Gasteiger partial charge is 0.161 e. The summed E-state index contributed by atoms with van der Waals surface area (Å²) in [6, 6.07) is 4.74. The first kappa shape index (κ1) is 13.4. The molecule has 0 amide bonds. The largest absolute Gasteiger partial charge is 0.369 e. The van der Waals surface area contributed by atoms with E-state index in [1.807, 2.05) is 16.7 Å². The van der Waals surface area contributed by atoms with Crippen LogP contribution in [-0.2, 0) is 0 Å². The number of para-hydroxylation sites is 1. The Morgan fingerprint density at radius 3 is 2.61 bits per heavy atom. The monoisotopic (exact) mass is 267 g/mol. The molecule has 18 heavy (non-hydrogen) atoms. The molecule has 2 nitrogen and oxygen atoms in total. The summed E-state index contributed by atoms with van der Waals surface area (Å²) >= 11 is 1.87. The number of hydrogen-bond donors (Lipinski definition) is 0. The Balaban J connectivity index is 2.26. The second kappa shape index (κ2) is 5.74. The van der Waals surface area contributed by atoms with Gasteiger partial charge in [0.05, 0.1) is 5.69 Å². The van der Waals surface area contributed by atoms with E-state index in [-0.39, 0.29) is 11.6 Å². The summed E-state index contributed by atoms with van der Waals surface area (Å²) in [4.78, 5) is 13.6. The van der Waals surface area contributed by atoms with E-state index in [0.717, 1.165) is 25.9 Å². The average Bonchev–Trinajstić information content (AvgIpc) is 2.38. The van der Waals surface area contributed by atoms with E-state index in [0.29, 0.717) is 16.5 Å². The molecule has 0 aliphatic carbocycles. The van der Waals surface area contributed by atoms with Crippen molar-refractivity contribution in [2.75, 3.05) is 24.2 Å². The van der Waals surface area contributed by atoms with Crippen LogP contribution >= 0.6 is 11.8 Å². The highest BCUT2D eigenvalue weighted by atomic mass is 32.2. The highest BCUT2D eigenvalue weighted by molar-refractivity contribution is 7.99. The van der Waals surface area contributed by atoms with Gasteiger partial charge in [-0.1, -0.05) is 6.07 Å². The number of thioether (sulfide) groups is 1. The number of carbonyl (C=O) groups is 1. The Bertz CT molecular complexity index is 441. The second-order valence-corrected chi connectivity index (χ2v) is 5.75. The molecule has 1 aromatic carbocycles. The maximum absolute atomic E-state index is 14.0. The molecule has 0 radical (unpaired) electrons. The summed E-state index contributed by atoms with van der Waals surface area (Å²) in [5.41, 5.74) is 0.988. The van der Waals surface area contributed by atoms with Gasteiger partial charge in [0.15, 0.2) is 5.78 Å². The first-order chi connectivity index (χ1) is 8.63. The minimum absolute atomic E-state index is 0.0727. The van der Waals surface area contributed by atoms with Crippen LogP contribution in [-0.4, -0.2) is 30.4 Å². The van der Waals surface area contributed by atoms with Gasteiger partial charge >= 0.3 is 0 Å². The van der Waals surface area contributed by atoms with Gasteiger partial charge in [-0.2, -0.15) is 11.8 Å². The highest BCUT2D eigenvalue weighted by Gasteiger charge is 2.23. The van der Waals surface area contributed by atoms with Gasteiger partial charge in [-0.3, -0.25) is 4.79 Å². The molecule has 1 heterocycles. The highest BCUT2D eigenvalue weighted by Crippen LogP contribution is 2.30. The zero-order valence-electron chi connectivity index (χ0n) is 10.8. The lowest BCUT2D eigenvalue weighted by atomic mass is 10.0. The van der Waals surface area contributed by atoms with Crippen molar-refractivity contribution in [1.29, 1.82) is 0 Å². The molecule has 0 atom stereocenters. The molecule has 1 aliphatic rings. The third kappa shape index (κ3) is 2.69. The van der Waals surface area contributed by atoms with E-state index in [1.165, 1.54) is 13.0 Å². The minimum atomic E-state index is -0.287. The van der Waals surface area contributed by atoms with Crippen LogP contribution in [0.2, 0.25) is 0 Å². The predicted molar refractivity (Wildman–Crippen MR) is 75.2 cm³/mol. The molecule has 0 spiro atoms. The van der Waals surface area contributed by atoms with Crippen LogP contribution in [0.5, 0.6) is 0 Å². The summed E-state index contributed by atoms with van der Waals surface area (Å²) in [6.45, 7) is 3.15. The number of benzene rings is 1. The van der Waals surface area contributed by atoms with Crippen molar-refractivity contribution >= 4 is 23.2 Å². The quantitative estimate of drug-likeness (QED) is 0.783. The molecule has 0 bridgehead atoms. The zero-order chi connectivity index (χ0) is 13.1. The number of nitrogens with zero attached hydrogens (tertiary/aromatic N) is 1. The molecule has 0 aromatic heterocycles. The standard InChI is InChI=1S/C14H18FNOS/c1-10(17)12-4-3-5-13(15)14(12)16-8-6-11(18-2)7-9-16/h3-5,11H,6-9H2,1-2H3. The fourth-order valence-corrected chi connectivity index (χ4v) is 3.12. The topological polar surface area (TPSA) is 20.3 Å². The Labute approximate surface area is 112 Å². The van der Waals surface area contributed by atoms with Crippen LogP contribution in [0.15, 0.2) is 18.2 Å². The van der Waals surface area contributed by atoms with Crippen LogP contribution in [0.25, 0.3) is 0 Å². The summed E-state index contributed by atoms with van der Waals surface area (Å²) in [5, 5.41) is 0.661.